The number of hydrogen-bond acceptors (Lipinski definition) is 6. The standard InChI is InChI=1S/C24H19ClN4O4/c1-28-13-18(14-4-7-17(8-5-14)29(32)33)21(22(30)15-3-2-10-26-12-15)24(28)19-11-16(25)6-9-20(19)27-23(24)31/h2-12,18,21H,13H2,1H3,(H,27,31)/t18-,21?,24-/m1/s1. The van der Waals surface area contributed by atoms with Crippen molar-refractivity contribution in [3.63, 3.8) is 0 Å². The van der Waals surface area contributed by atoms with Gasteiger partial charge in [-0.3, -0.25) is 29.6 Å². The summed E-state index contributed by atoms with van der Waals surface area (Å²) in [7, 11) is 1.81. The zero-order valence-corrected chi connectivity index (χ0v) is 18.3. The molecule has 166 valence electrons. The molecule has 1 N–H and O–H groups in total. The molecule has 2 aliphatic heterocycles. The molecule has 0 saturated carbocycles. The Morgan fingerprint density at radius 3 is 2.67 bits per heavy atom. The number of nitro benzene ring substituents is 1. The quantitative estimate of drug-likeness (QED) is 0.356. The average Bonchev–Trinajstić information content (AvgIpc) is 3.29. The number of amides is 1. The zero-order valence-electron chi connectivity index (χ0n) is 17.6. The third-order valence-electron chi connectivity index (χ3n) is 6.67. The van der Waals surface area contributed by atoms with Crippen molar-refractivity contribution in [3.05, 3.63) is 98.8 Å². The monoisotopic (exact) mass is 462 g/mol. The van der Waals surface area contributed by atoms with Crippen LogP contribution < -0.4 is 5.32 Å². The number of Topliss-reactive ketones (excluding diaryl/α,β-unsaturated/α-hetero) is 1. The number of nitrogens with zero attached hydrogens (tertiary/aromatic N) is 3. The number of nitro groups is 1. The van der Waals surface area contributed by atoms with Gasteiger partial charge in [0.1, 0.15) is 5.54 Å². The second-order valence-corrected chi connectivity index (χ2v) is 8.77. The van der Waals surface area contributed by atoms with E-state index in [1.54, 1.807) is 48.7 Å². The maximum atomic E-state index is 14.0. The normalized spacial score (nSPS) is 24.0. The fourth-order valence-electron chi connectivity index (χ4n) is 5.24. The van der Waals surface area contributed by atoms with Gasteiger partial charge in [-0.05, 0) is 42.9 Å². The Morgan fingerprint density at radius 2 is 2.00 bits per heavy atom. The summed E-state index contributed by atoms with van der Waals surface area (Å²) in [4.78, 5) is 44.2. The first-order valence-electron chi connectivity index (χ1n) is 10.4. The second kappa shape index (κ2) is 7.75. The minimum atomic E-state index is -1.28. The molecule has 33 heavy (non-hydrogen) atoms. The summed E-state index contributed by atoms with van der Waals surface area (Å²) in [5, 5.41) is 14.5. The van der Waals surface area contributed by atoms with Crippen molar-refractivity contribution in [1.29, 1.82) is 0 Å². The van der Waals surface area contributed by atoms with E-state index in [-0.39, 0.29) is 23.3 Å². The Labute approximate surface area is 194 Å². The maximum Gasteiger partial charge on any atom is 0.269 e. The highest BCUT2D eigenvalue weighted by Gasteiger charge is 2.64. The van der Waals surface area contributed by atoms with Gasteiger partial charge >= 0.3 is 0 Å². The molecule has 1 spiro atoms. The Bertz CT molecular complexity index is 1280. The van der Waals surface area contributed by atoms with Crippen LogP contribution in [0, 0.1) is 16.0 Å². The van der Waals surface area contributed by atoms with Crippen LogP contribution in [0.2, 0.25) is 5.02 Å². The molecule has 1 amide bonds. The van der Waals surface area contributed by atoms with Gasteiger partial charge in [-0.1, -0.05) is 23.7 Å². The number of ketones is 1. The predicted octanol–water partition coefficient (Wildman–Crippen LogP) is 4.02. The number of likely N-dealkylation sites (N-methyl/N-ethyl adjacent to an activating group) is 1. The first kappa shape index (κ1) is 21.2. The Morgan fingerprint density at radius 1 is 1.24 bits per heavy atom. The summed E-state index contributed by atoms with van der Waals surface area (Å²) in [6.45, 7) is 0.397. The van der Waals surface area contributed by atoms with E-state index in [2.05, 4.69) is 10.3 Å². The van der Waals surface area contributed by atoms with Gasteiger partial charge in [0.2, 0.25) is 5.91 Å². The number of likely N-dealkylation sites (tertiary alicyclic amines) is 1. The summed E-state index contributed by atoms with van der Waals surface area (Å²) >= 11 is 6.31. The van der Waals surface area contributed by atoms with Crippen molar-refractivity contribution in [2.75, 3.05) is 18.9 Å². The van der Waals surface area contributed by atoms with Crippen LogP contribution in [0.25, 0.3) is 0 Å². The lowest BCUT2D eigenvalue weighted by Crippen LogP contribution is -2.51. The predicted molar refractivity (Wildman–Crippen MR) is 122 cm³/mol. The molecule has 5 rings (SSSR count). The van der Waals surface area contributed by atoms with E-state index in [9.17, 15) is 19.7 Å². The molecule has 1 unspecified atom stereocenters. The summed E-state index contributed by atoms with van der Waals surface area (Å²) in [5.41, 5.74) is 1.09. The van der Waals surface area contributed by atoms with Crippen LogP contribution >= 0.6 is 11.6 Å². The molecule has 1 fully saturated rings. The third kappa shape index (κ3) is 3.13. The van der Waals surface area contributed by atoms with Gasteiger partial charge < -0.3 is 5.32 Å². The molecule has 8 nitrogen and oxygen atoms in total. The SMILES string of the molecule is CN1C[C@H](c2ccc([N+](=O)[O-])cc2)C(C(=O)c2cccnc2)[C@]12C(=O)Nc1ccc(Cl)cc12. The number of aromatic nitrogens is 1. The number of hydrogen-bond donors (Lipinski definition) is 1. The van der Waals surface area contributed by atoms with Gasteiger partial charge in [-0.2, -0.15) is 0 Å². The molecule has 9 heteroatoms. The average molecular weight is 463 g/mol. The van der Waals surface area contributed by atoms with Gasteiger partial charge in [-0.25, -0.2) is 0 Å². The topological polar surface area (TPSA) is 105 Å². The molecule has 0 radical (unpaired) electrons. The van der Waals surface area contributed by atoms with E-state index in [4.69, 9.17) is 11.6 Å². The number of benzene rings is 2. The first-order valence-corrected chi connectivity index (χ1v) is 10.7. The number of non-ortho nitro benzene ring substituents is 1. The summed E-state index contributed by atoms with van der Waals surface area (Å²) < 4.78 is 0. The molecule has 3 atom stereocenters. The number of rotatable bonds is 4. The van der Waals surface area contributed by atoms with Gasteiger partial charge in [0.25, 0.3) is 5.69 Å². The molecule has 2 aromatic carbocycles. The fraction of sp³-hybridized carbons (Fsp3) is 0.208. The molecule has 1 saturated heterocycles. The van der Waals surface area contributed by atoms with Crippen molar-refractivity contribution < 1.29 is 14.5 Å². The van der Waals surface area contributed by atoms with E-state index >= 15 is 0 Å². The molecule has 3 heterocycles. The zero-order chi connectivity index (χ0) is 23.3. The number of nitrogens with one attached hydrogen (secondary N) is 1. The van der Waals surface area contributed by atoms with Crippen molar-refractivity contribution in [1.82, 2.24) is 9.88 Å². The number of pyridine rings is 1. The lowest BCUT2D eigenvalue weighted by atomic mass is 9.70. The molecule has 1 aromatic heterocycles. The highest BCUT2D eigenvalue weighted by molar-refractivity contribution is 6.31. The second-order valence-electron chi connectivity index (χ2n) is 8.33. The first-order chi connectivity index (χ1) is 15.8. The largest absolute Gasteiger partial charge is 0.324 e. The molecule has 3 aromatic rings. The maximum absolute atomic E-state index is 14.0. The van der Waals surface area contributed by atoms with Crippen LogP contribution in [0.4, 0.5) is 11.4 Å². The lowest BCUT2D eigenvalue weighted by Gasteiger charge is -2.35. The molecule has 0 aliphatic carbocycles. The molecular weight excluding hydrogens is 444 g/mol. The highest BCUT2D eigenvalue weighted by atomic mass is 35.5. The van der Waals surface area contributed by atoms with Crippen LogP contribution in [0.5, 0.6) is 0 Å². The smallest absolute Gasteiger partial charge is 0.269 e. The number of fused-ring (bicyclic) bond motifs is 2. The number of halogens is 1. The summed E-state index contributed by atoms with van der Waals surface area (Å²) in [6, 6.07) is 14.7. The van der Waals surface area contributed by atoms with Gasteiger partial charge in [-0.15, -0.1) is 0 Å². The van der Waals surface area contributed by atoms with Crippen molar-refractivity contribution in [3.8, 4) is 0 Å². The minimum Gasteiger partial charge on any atom is -0.324 e. The van der Waals surface area contributed by atoms with Crippen LogP contribution in [0.3, 0.4) is 0 Å². The van der Waals surface area contributed by atoms with Crippen LogP contribution in [0.15, 0.2) is 67.0 Å². The van der Waals surface area contributed by atoms with Crippen molar-refractivity contribution in [2.45, 2.75) is 11.5 Å². The fourth-order valence-corrected chi connectivity index (χ4v) is 5.42. The van der Waals surface area contributed by atoms with Crippen molar-refractivity contribution >= 4 is 34.7 Å². The van der Waals surface area contributed by atoms with Crippen LogP contribution in [-0.4, -0.2) is 40.1 Å². The number of carbonyl (C=O) groups is 2. The minimum absolute atomic E-state index is 0.0364. The van der Waals surface area contributed by atoms with E-state index in [1.165, 1.54) is 18.3 Å². The van der Waals surface area contributed by atoms with E-state index in [1.807, 2.05) is 11.9 Å². The van der Waals surface area contributed by atoms with Gasteiger partial charge in [0.05, 0.1) is 10.8 Å². The molecule has 2 aliphatic rings. The van der Waals surface area contributed by atoms with Gasteiger partial charge in [0.15, 0.2) is 5.78 Å². The van der Waals surface area contributed by atoms with E-state index < -0.39 is 16.4 Å². The lowest BCUT2D eigenvalue weighted by molar-refractivity contribution is -0.384. The molecule has 0 bridgehead atoms. The van der Waals surface area contributed by atoms with Crippen LogP contribution in [0.1, 0.15) is 27.4 Å². The number of anilines is 1. The van der Waals surface area contributed by atoms with E-state index in [0.717, 1.165) is 5.56 Å². The van der Waals surface area contributed by atoms with Gasteiger partial charge in [0, 0.05) is 58.8 Å². The third-order valence-corrected chi connectivity index (χ3v) is 6.91. The Hall–Kier alpha value is -3.62. The Balaban J connectivity index is 1.71. The summed E-state index contributed by atoms with van der Waals surface area (Å²) in [6.07, 6.45) is 3.07. The van der Waals surface area contributed by atoms with Crippen molar-refractivity contribution in [2.24, 2.45) is 5.92 Å². The Kier molecular flexibility index (Phi) is 4.99. The highest BCUT2D eigenvalue weighted by Crippen LogP contribution is 2.56. The molecular formula is C24H19ClN4O4. The van der Waals surface area contributed by atoms with E-state index in [0.29, 0.717) is 28.4 Å². The van der Waals surface area contributed by atoms with Crippen LogP contribution in [-0.2, 0) is 10.3 Å². The number of carbonyl (C=O) groups excluding carboxylic acids is 2. The summed E-state index contributed by atoms with van der Waals surface area (Å²) in [5.74, 6) is -1.71.